The van der Waals surface area contributed by atoms with Gasteiger partial charge in [0.2, 0.25) is 0 Å². The Bertz CT molecular complexity index is 670. The molecule has 0 aliphatic rings. The van der Waals surface area contributed by atoms with E-state index < -0.39 is 0 Å². The summed E-state index contributed by atoms with van der Waals surface area (Å²) in [6.07, 6.45) is 1.69. The first kappa shape index (κ1) is 13.3. The van der Waals surface area contributed by atoms with E-state index in [1.165, 1.54) is 4.90 Å². The summed E-state index contributed by atoms with van der Waals surface area (Å²) < 4.78 is 2.36. The lowest BCUT2D eigenvalue weighted by Gasteiger charge is -2.07. The molecule has 0 atom stereocenters. The van der Waals surface area contributed by atoms with Crippen LogP contribution in [0.1, 0.15) is 16.1 Å². The van der Waals surface area contributed by atoms with Crippen LogP contribution in [-0.4, -0.2) is 34.7 Å². The monoisotopic (exact) mass is 318 g/mol. The molecule has 2 aromatic rings. The molecule has 0 spiro atoms. The van der Waals surface area contributed by atoms with E-state index in [0.29, 0.717) is 11.3 Å². The highest BCUT2D eigenvalue weighted by molar-refractivity contribution is 9.10. The van der Waals surface area contributed by atoms with Gasteiger partial charge in [0.05, 0.1) is 17.3 Å². The quantitative estimate of drug-likeness (QED) is 0.852. The van der Waals surface area contributed by atoms with Gasteiger partial charge in [0.15, 0.2) is 5.69 Å². The zero-order valence-corrected chi connectivity index (χ0v) is 12.0. The highest BCUT2D eigenvalue weighted by atomic mass is 79.9. The normalized spacial score (nSPS) is 10.0. The highest BCUT2D eigenvalue weighted by Gasteiger charge is 2.12. The summed E-state index contributed by atoms with van der Waals surface area (Å²) >= 11 is 3.34. The number of rotatable bonds is 2. The summed E-state index contributed by atoms with van der Waals surface area (Å²) in [7, 11) is 3.35. The highest BCUT2D eigenvalue weighted by Crippen LogP contribution is 2.18. The lowest BCUT2D eigenvalue weighted by atomic mass is 10.2. The fraction of sp³-hybridized carbons (Fsp3) is 0.154. The Morgan fingerprint density at radius 2 is 2.16 bits per heavy atom. The second-order valence-electron chi connectivity index (χ2n) is 4.16. The van der Waals surface area contributed by atoms with Gasteiger partial charge in [-0.15, -0.1) is 0 Å². The first-order chi connectivity index (χ1) is 9.01. The standard InChI is InChI=1S/C13H11BrN4O/c1-17(2)13(19)12-3-4-18(16-12)11-6-9(8-15)5-10(14)7-11/h3-7H,1-2H3. The van der Waals surface area contributed by atoms with Crippen LogP contribution in [0.25, 0.3) is 5.69 Å². The second-order valence-corrected chi connectivity index (χ2v) is 5.07. The molecule has 0 fully saturated rings. The van der Waals surface area contributed by atoms with Crippen LogP contribution in [-0.2, 0) is 0 Å². The summed E-state index contributed by atoms with van der Waals surface area (Å²) in [5.41, 5.74) is 1.62. The van der Waals surface area contributed by atoms with E-state index in [4.69, 9.17) is 5.26 Å². The maximum Gasteiger partial charge on any atom is 0.273 e. The van der Waals surface area contributed by atoms with Crippen molar-refractivity contribution in [2.45, 2.75) is 0 Å². The molecule has 6 heteroatoms. The Morgan fingerprint density at radius 3 is 2.79 bits per heavy atom. The van der Waals surface area contributed by atoms with Crippen molar-refractivity contribution >= 4 is 21.8 Å². The van der Waals surface area contributed by atoms with Gasteiger partial charge in [0.25, 0.3) is 5.91 Å². The Labute approximate surface area is 119 Å². The van der Waals surface area contributed by atoms with E-state index >= 15 is 0 Å². The predicted octanol–water partition coefficient (Wildman–Crippen LogP) is 2.21. The molecular weight excluding hydrogens is 308 g/mol. The van der Waals surface area contributed by atoms with Gasteiger partial charge in [0, 0.05) is 24.8 Å². The van der Waals surface area contributed by atoms with Crippen LogP contribution in [0.5, 0.6) is 0 Å². The molecule has 1 aromatic carbocycles. The number of aromatic nitrogens is 2. The Hall–Kier alpha value is -2.13. The summed E-state index contributed by atoms with van der Waals surface area (Å²) in [6.45, 7) is 0. The number of hydrogen-bond donors (Lipinski definition) is 0. The van der Waals surface area contributed by atoms with Crippen LogP contribution >= 0.6 is 15.9 Å². The number of carbonyl (C=O) groups excluding carboxylic acids is 1. The van der Waals surface area contributed by atoms with Crippen LogP contribution in [0.4, 0.5) is 0 Å². The fourth-order valence-corrected chi connectivity index (χ4v) is 2.06. The number of amides is 1. The van der Waals surface area contributed by atoms with Crippen LogP contribution in [0.2, 0.25) is 0 Å². The van der Waals surface area contributed by atoms with Gasteiger partial charge in [-0.25, -0.2) is 4.68 Å². The van der Waals surface area contributed by atoms with Crippen molar-refractivity contribution in [3.05, 3.63) is 46.2 Å². The van der Waals surface area contributed by atoms with Gasteiger partial charge in [-0.05, 0) is 24.3 Å². The third-order valence-corrected chi connectivity index (χ3v) is 2.95. The molecule has 1 amide bonds. The molecule has 5 nitrogen and oxygen atoms in total. The maximum absolute atomic E-state index is 11.8. The average Bonchev–Trinajstić information content (AvgIpc) is 2.86. The van der Waals surface area contributed by atoms with Crippen molar-refractivity contribution in [2.75, 3.05) is 14.1 Å². The van der Waals surface area contributed by atoms with Crippen LogP contribution in [0.3, 0.4) is 0 Å². The molecule has 1 aromatic heterocycles. The zero-order valence-electron chi connectivity index (χ0n) is 10.5. The number of nitriles is 1. The molecule has 0 saturated heterocycles. The van der Waals surface area contributed by atoms with Crippen molar-refractivity contribution in [1.82, 2.24) is 14.7 Å². The third-order valence-electron chi connectivity index (χ3n) is 2.49. The Morgan fingerprint density at radius 1 is 1.42 bits per heavy atom. The fourth-order valence-electron chi connectivity index (χ4n) is 1.58. The minimum Gasteiger partial charge on any atom is -0.343 e. The van der Waals surface area contributed by atoms with Crippen LogP contribution in [0.15, 0.2) is 34.9 Å². The van der Waals surface area contributed by atoms with E-state index in [-0.39, 0.29) is 5.91 Å². The summed E-state index contributed by atoms with van der Waals surface area (Å²) in [5.74, 6) is -0.158. The van der Waals surface area contributed by atoms with Crippen molar-refractivity contribution < 1.29 is 4.79 Å². The molecule has 1 heterocycles. The van der Waals surface area contributed by atoms with E-state index in [1.54, 1.807) is 43.2 Å². The molecule has 0 aliphatic heterocycles. The molecule has 0 saturated carbocycles. The van der Waals surface area contributed by atoms with Crippen molar-refractivity contribution in [3.63, 3.8) is 0 Å². The summed E-state index contributed by atoms with van der Waals surface area (Å²) in [5, 5.41) is 13.2. The molecule has 0 bridgehead atoms. The van der Waals surface area contributed by atoms with Gasteiger partial charge >= 0.3 is 0 Å². The molecular formula is C13H11BrN4O. The predicted molar refractivity (Wildman–Crippen MR) is 74.0 cm³/mol. The average molecular weight is 319 g/mol. The van der Waals surface area contributed by atoms with Crippen molar-refractivity contribution in [2.24, 2.45) is 0 Å². The van der Waals surface area contributed by atoms with Crippen molar-refractivity contribution in [3.8, 4) is 11.8 Å². The van der Waals surface area contributed by atoms with E-state index in [0.717, 1.165) is 10.2 Å². The minimum absolute atomic E-state index is 0.158. The number of nitrogens with zero attached hydrogens (tertiary/aromatic N) is 4. The maximum atomic E-state index is 11.8. The number of hydrogen-bond acceptors (Lipinski definition) is 3. The minimum atomic E-state index is -0.158. The molecule has 0 unspecified atom stereocenters. The van der Waals surface area contributed by atoms with E-state index in [1.807, 2.05) is 6.07 Å². The Kier molecular flexibility index (Phi) is 3.67. The SMILES string of the molecule is CN(C)C(=O)c1ccn(-c2cc(Br)cc(C#N)c2)n1. The Balaban J connectivity index is 2.41. The van der Waals surface area contributed by atoms with Crippen LogP contribution in [0, 0.1) is 11.3 Å². The molecule has 19 heavy (non-hydrogen) atoms. The molecule has 96 valence electrons. The van der Waals surface area contributed by atoms with Crippen LogP contribution < -0.4 is 0 Å². The number of benzene rings is 1. The van der Waals surface area contributed by atoms with Crippen molar-refractivity contribution in [1.29, 1.82) is 5.26 Å². The lowest BCUT2D eigenvalue weighted by molar-refractivity contribution is 0.0821. The second kappa shape index (κ2) is 5.24. The van der Waals surface area contributed by atoms with E-state index in [2.05, 4.69) is 27.1 Å². The zero-order chi connectivity index (χ0) is 14.0. The summed E-state index contributed by atoms with van der Waals surface area (Å²) in [6, 6.07) is 8.99. The van der Waals surface area contributed by atoms with E-state index in [9.17, 15) is 4.79 Å². The van der Waals surface area contributed by atoms with Gasteiger partial charge in [-0.1, -0.05) is 15.9 Å². The molecule has 0 radical (unpaired) electrons. The number of carbonyl (C=O) groups is 1. The van der Waals surface area contributed by atoms with Gasteiger partial charge in [-0.2, -0.15) is 10.4 Å². The molecule has 2 rings (SSSR count). The first-order valence-electron chi connectivity index (χ1n) is 5.49. The molecule has 0 aliphatic carbocycles. The van der Waals surface area contributed by atoms with Gasteiger partial charge < -0.3 is 4.90 Å². The topological polar surface area (TPSA) is 61.9 Å². The third kappa shape index (κ3) is 2.83. The summed E-state index contributed by atoms with van der Waals surface area (Å²) in [4.78, 5) is 13.2. The first-order valence-corrected chi connectivity index (χ1v) is 6.29. The van der Waals surface area contributed by atoms with Gasteiger partial charge in [0.1, 0.15) is 0 Å². The smallest absolute Gasteiger partial charge is 0.273 e. The largest absolute Gasteiger partial charge is 0.343 e. The number of halogens is 1. The van der Waals surface area contributed by atoms with Gasteiger partial charge in [-0.3, -0.25) is 4.79 Å². The molecule has 0 N–H and O–H groups in total. The lowest BCUT2D eigenvalue weighted by Crippen LogP contribution is -2.22.